The van der Waals surface area contributed by atoms with E-state index >= 15 is 0 Å². The zero-order chi connectivity index (χ0) is 11.2. The number of carbonyl (C=O) groups excluding carboxylic acids is 1. The Hall–Kier alpha value is -1.36. The van der Waals surface area contributed by atoms with Gasteiger partial charge < -0.3 is 10.6 Å². The number of aromatic nitrogens is 2. The average Bonchev–Trinajstić information content (AvgIpc) is 2.81. The number of piperidine rings is 1. The molecule has 0 saturated carbocycles. The maximum absolute atomic E-state index is 11.6. The number of rotatable bonds is 4. The van der Waals surface area contributed by atoms with Crippen LogP contribution in [-0.2, 0) is 4.79 Å². The molecule has 5 heteroatoms. The number of H-pyrrole nitrogens is 1. The zero-order valence-electron chi connectivity index (χ0n) is 9.33. The molecule has 1 aliphatic heterocycles. The predicted octanol–water partition coefficient (Wildman–Crippen LogP) is 1.13. The van der Waals surface area contributed by atoms with Crippen molar-refractivity contribution in [3.63, 3.8) is 0 Å². The summed E-state index contributed by atoms with van der Waals surface area (Å²) in [4.78, 5) is 11.6. The maximum atomic E-state index is 11.6. The van der Waals surface area contributed by atoms with E-state index in [2.05, 4.69) is 20.8 Å². The third kappa shape index (κ3) is 3.34. The van der Waals surface area contributed by atoms with Crippen molar-refractivity contribution < 1.29 is 4.79 Å². The number of aromatic amines is 1. The van der Waals surface area contributed by atoms with Gasteiger partial charge >= 0.3 is 0 Å². The summed E-state index contributed by atoms with van der Waals surface area (Å²) >= 11 is 0. The smallest absolute Gasteiger partial charge is 0.225 e. The second kappa shape index (κ2) is 5.65. The predicted molar refractivity (Wildman–Crippen MR) is 62.0 cm³/mol. The molecule has 2 rings (SSSR count). The largest absolute Gasteiger partial charge is 0.316 e. The lowest BCUT2D eigenvalue weighted by atomic mass is 9.94. The Bertz CT molecular complexity index is 317. The van der Waals surface area contributed by atoms with Crippen molar-refractivity contribution >= 4 is 11.7 Å². The van der Waals surface area contributed by atoms with Crippen LogP contribution in [0.4, 0.5) is 5.82 Å². The van der Waals surface area contributed by atoms with E-state index in [1.54, 1.807) is 12.3 Å². The number of carbonyl (C=O) groups is 1. The van der Waals surface area contributed by atoms with Crippen LogP contribution in [0.25, 0.3) is 0 Å². The molecule has 3 N–H and O–H groups in total. The lowest BCUT2D eigenvalue weighted by Gasteiger charge is -2.22. The number of nitrogens with zero attached hydrogens (tertiary/aromatic N) is 1. The second-order valence-corrected chi connectivity index (χ2v) is 4.27. The highest BCUT2D eigenvalue weighted by Crippen LogP contribution is 2.16. The fourth-order valence-corrected chi connectivity index (χ4v) is 2.04. The van der Waals surface area contributed by atoms with Crippen LogP contribution < -0.4 is 10.6 Å². The lowest BCUT2D eigenvalue weighted by Crippen LogP contribution is -2.30. The van der Waals surface area contributed by atoms with Gasteiger partial charge in [0, 0.05) is 12.5 Å². The van der Waals surface area contributed by atoms with Gasteiger partial charge in [0.25, 0.3) is 0 Å². The van der Waals surface area contributed by atoms with Gasteiger partial charge in [-0.25, -0.2) is 0 Å². The van der Waals surface area contributed by atoms with Crippen LogP contribution >= 0.6 is 0 Å². The molecule has 1 amide bonds. The Kier molecular flexibility index (Phi) is 3.93. The summed E-state index contributed by atoms with van der Waals surface area (Å²) in [7, 11) is 0. The number of nitrogens with one attached hydrogen (secondary N) is 3. The highest BCUT2D eigenvalue weighted by Gasteiger charge is 2.14. The molecule has 0 bridgehead atoms. The minimum absolute atomic E-state index is 0.0647. The van der Waals surface area contributed by atoms with Crippen molar-refractivity contribution in [1.82, 2.24) is 15.5 Å². The van der Waals surface area contributed by atoms with Gasteiger partial charge in [0.2, 0.25) is 5.91 Å². The minimum atomic E-state index is 0.0647. The molecule has 0 radical (unpaired) electrons. The Morgan fingerprint density at radius 1 is 1.62 bits per heavy atom. The number of hydrogen-bond donors (Lipinski definition) is 3. The molecule has 0 aliphatic carbocycles. The summed E-state index contributed by atoms with van der Waals surface area (Å²) in [6.07, 6.45) is 5.65. The van der Waals surface area contributed by atoms with E-state index < -0.39 is 0 Å². The van der Waals surface area contributed by atoms with Crippen LogP contribution in [0, 0.1) is 5.92 Å². The van der Waals surface area contributed by atoms with Crippen LogP contribution in [0.3, 0.4) is 0 Å². The standard InChI is InChI=1S/C11H18N4O/c16-11(14-10-5-7-13-15-10)4-3-9-2-1-6-12-8-9/h5,7,9,12H,1-4,6,8H2,(H2,13,14,15,16). The average molecular weight is 222 g/mol. The third-order valence-corrected chi connectivity index (χ3v) is 2.95. The molecule has 1 atom stereocenters. The van der Waals surface area contributed by atoms with Crippen LogP contribution in [0.2, 0.25) is 0 Å². The lowest BCUT2D eigenvalue weighted by molar-refractivity contribution is -0.116. The van der Waals surface area contributed by atoms with Gasteiger partial charge in [-0.05, 0) is 38.3 Å². The molecule has 1 aromatic rings. The first kappa shape index (κ1) is 11.1. The molecule has 1 fully saturated rings. The van der Waals surface area contributed by atoms with E-state index in [4.69, 9.17) is 0 Å². The van der Waals surface area contributed by atoms with Gasteiger partial charge in [-0.2, -0.15) is 5.10 Å². The molecule has 0 aromatic carbocycles. The van der Waals surface area contributed by atoms with E-state index in [1.807, 2.05) is 0 Å². The van der Waals surface area contributed by atoms with Gasteiger partial charge in [0.05, 0.1) is 6.20 Å². The van der Waals surface area contributed by atoms with Crippen molar-refractivity contribution in [2.45, 2.75) is 25.7 Å². The van der Waals surface area contributed by atoms with Crippen molar-refractivity contribution in [2.24, 2.45) is 5.92 Å². The Labute approximate surface area is 95.0 Å². The number of anilines is 1. The van der Waals surface area contributed by atoms with Gasteiger partial charge in [-0.15, -0.1) is 0 Å². The first-order valence-corrected chi connectivity index (χ1v) is 5.84. The third-order valence-electron chi connectivity index (χ3n) is 2.95. The van der Waals surface area contributed by atoms with Gasteiger partial charge in [-0.3, -0.25) is 9.89 Å². The van der Waals surface area contributed by atoms with E-state index in [9.17, 15) is 4.79 Å². The summed E-state index contributed by atoms with van der Waals surface area (Å²) in [6.45, 7) is 2.17. The summed E-state index contributed by atoms with van der Waals surface area (Å²) in [5, 5.41) is 12.6. The Morgan fingerprint density at radius 3 is 3.25 bits per heavy atom. The van der Waals surface area contributed by atoms with Crippen molar-refractivity contribution in [3.05, 3.63) is 12.3 Å². The fourth-order valence-electron chi connectivity index (χ4n) is 2.04. The molecule has 1 aliphatic rings. The topological polar surface area (TPSA) is 69.8 Å². The van der Waals surface area contributed by atoms with Crippen LogP contribution in [0.5, 0.6) is 0 Å². The molecule has 0 spiro atoms. The molecule has 16 heavy (non-hydrogen) atoms. The van der Waals surface area contributed by atoms with Crippen molar-refractivity contribution in [1.29, 1.82) is 0 Å². The van der Waals surface area contributed by atoms with E-state index in [0.717, 1.165) is 19.5 Å². The molecule has 1 aromatic heterocycles. The Balaban J connectivity index is 1.67. The molecule has 2 heterocycles. The van der Waals surface area contributed by atoms with Gasteiger partial charge in [-0.1, -0.05) is 0 Å². The highest BCUT2D eigenvalue weighted by atomic mass is 16.1. The molecule has 88 valence electrons. The van der Waals surface area contributed by atoms with Gasteiger partial charge in [0.15, 0.2) is 0 Å². The molecular formula is C11H18N4O. The summed E-state index contributed by atoms with van der Waals surface area (Å²) in [5.74, 6) is 1.39. The van der Waals surface area contributed by atoms with Crippen LogP contribution in [-0.4, -0.2) is 29.2 Å². The monoisotopic (exact) mass is 222 g/mol. The quantitative estimate of drug-likeness (QED) is 0.715. The van der Waals surface area contributed by atoms with Crippen LogP contribution in [0.1, 0.15) is 25.7 Å². The zero-order valence-corrected chi connectivity index (χ0v) is 9.33. The molecule has 1 unspecified atom stereocenters. The van der Waals surface area contributed by atoms with E-state index in [0.29, 0.717) is 18.2 Å². The van der Waals surface area contributed by atoms with E-state index in [1.165, 1.54) is 12.8 Å². The minimum Gasteiger partial charge on any atom is -0.316 e. The summed E-state index contributed by atoms with van der Waals surface area (Å²) in [6, 6.07) is 1.75. The fraction of sp³-hybridized carbons (Fsp3) is 0.636. The van der Waals surface area contributed by atoms with Crippen molar-refractivity contribution in [2.75, 3.05) is 18.4 Å². The molecular weight excluding hydrogens is 204 g/mol. The van der Waals surface area contributed by atoms with Crippen molar-refractivity contribution in [3.8, 4) is 0 Å². The number of amides is 1. The SMILES string of the molecule is O=C(CCC1CCCNC1)Nc1ccn[nH]1. The normalized spacial score (nSPS) is 20.6. The number of hydrogen-bond acceptors (Lipinski definition) is 3. The van der Waals surface area contributed by atoms with Crippen LogP contribution in [0.15, 0.2) is 12.3 Å². The van der Waals surface area contributed by atoms with Gasteiger partial charge in [0.1, 0.15) is 5.82 Å². The maximum Gasteiger partial charge on any atom is 0.225 e. The first-order valence-electron chi connectivity index (χ1n) is 5.84. The molecule has 5 nitrogen and oxygen atoms in total. The Morgan fingerprint density at radius 2 is 2.56 bits per heavy atom. The highest BCUT2D eigenvalue weighted by molar-refractivity contribution is 5.89. The summed E-state index contributed by atoms with van der Waals surface area (Å²) in [5.41, 5.74) is 0. The van der Waals surface area contributed by atoms with E-state index in [-0.39, 0.29) is 5.91 Å². The second-order valence-electron chi connectivity index (χ2n) is 4.27. The first-order chi connectivity index (χ1) is 7.84. The molecule has 1 saturated heterocycles. The summed E-state index contributed by atoms with van der Waals surface area (Å²) < 4.78 is 0.